The summed E-state index contributed by atoms with van der Waals surface area (Å²) in [5.41, 5.74) is 0.349. The molecule has 0 amide bonds. The number of aliphatic hydroxyl groups is 1. The molecule has 0 rings (SSSR count). The molecule has 2 atom stereocenters. The van der Waals surface area contributed by atoms with Crippen molar-refractivity contribution in [2.45, 2.75) is 73.3 Å². The average Bonchev–Trinajstić information content (AvgIpc) is 1.97. The first kappa shape index (κ1) is 15.0. The maximum Gasteiger partial charge on any atom is 0.0543 e. The molecule has 0 fully saturated rings. The van der Waals surface area contributed by atoms with Gasteiger partial charge in [0, 0.05) is 0 Å². The molecule has 0 aliphatic heterocycles. The lowest BCUT2D eigenvalue weighted by Crippen LogP contribution is -2.16. The minimum absolute atomic E-state index is 0.0991. The van der Waals surface area contributed by atoms with Crippen molar-refractivity contribution >= 4 is 0 Å². The van der Waals surface area contributed by atoms with Crippen molar-refractivity contribution in [1.29, 1.82) is 0 Å². The summed E-state index contributed by atoms with van der Waals surface area (Å²) in [6.07, 6.45) is 4.16. The van der Waals surface area contributed by atoms with Crippen LogP contribution in [-0.4, -0.2) is 11.2 Å². The summed E-state index contributed by atoms with van der Waals surface area (Å²) < 4.78 is 0. The number of hydrogen-bond acceptors (Lipinski definition) is 1. The quantitative estimate of drug-likeness (QED) is 0.701. The van der Waals surface area contributed by atoms with E-state index < -0.39 is 0 Å². The van der Waals surface area contributed by atoms with Crippen molar-refractivity contribution in [3.63, 3.8) is 0 Å². The van der Waals surface area contributed by atoms with Gasteiger partial charge in [0.2, 0.25) is 0 Å². The molecule has 2 unspecified atom stereocenters. The summed E-state index contributed by atoms with van der Waals surface area (Å²) in [5, 5.41) is 9.90. The molecule has 0 aromatic carbocycles. The fourth-order valence-electron chi connectivity index (χ4n) is 2.08. The van der Waals surface area contributed by atoms with Crippen molar-refractivity contribution in [1.82, 2.24) is 0 Å². The van der Waals surface area contributed by atoms with Crippen LogP contribution in [0.3, 0.4) is 0 Å². The van der Waals surface area contributed by atoms with Crippen molar-refractivity contribution < 1.29 is 5.11 Å². The first-order valence-corrected chi connectivity index (χ1v) is 6.39. The lowest BCUT2D eigenvalue weighted by molar-refractivity contribution is 0.116. The van der Waals surface area contributed by atoms with Crippen molar-refractivity contribution in [3.8, 4) is 0 Å². The van der Waals surface area contributed by atoms with Crippen LogP contribution in [0.4, 0.5) is 0 Å². The van der Waals surface area contributed by atoms with E-state index in [-0.39, 0.29) is 6.10 Å². The number of aliphatic hydroxyl groups excluding tert-OH is 1. The molecule has 0 saturated carbocycles. The molecule has 1 heteroatoms. The topological polar surface area (TPSA) is 20.2 Å². The fourth-order valence-corrected chi connectivity index (χ4v) is 2.08. The highest BCUT2D eigenvalue weighted by molar-refractivity contribution is 4.68. The molecule has 15 heavy (non-hydrogen) atoms. The normalized spacial score (nSPS) is 16.8. The summed E-state index contributed by atoms with van der Waals surface area (Å²) in [6, 6.07) is 0. The van der Waals surface area contributed by atoms with Gasteiger partial charge in [0.1, 0.15) is 0 Å². The Hall–Kier alpha value is -0.0400. The molecule has 0 saturated heterocycles. The van der Waals surface area contributed by atoms with Gasteiger partial charge in [-0.15, -0.1) is 0 Å². The van der Waals surface area contributed by atoms with Crippen LogP contribution in [0.25, 0.3) is 0 Å². The molecule has 0 radical (unpaired) electrons. The van der Waals surface area contributed by atoms with Gasteiger partial charge < -0.3 is 5.11 Å². The molecule has 0 spiro atoms. The number of rotatable bonds is 6. The molecular weight excluding hydrogens is 184 g/mol. The molecule has 0 bridgehead atoms. The Morgan fingerprint density at radius 3 is 1.93 bits per heavy atom. The molecule has 92 valence electrons. The first-order chi connectivity index (χ1) is 6.70. The van der Waals surface area contributed by atoms with Gasteiger partial charge in [-0.3, -0.25) is 0 Å². The Morgan fingerprint density at radius 1 is 1.00 bits per heavy atom. The zero-order valence-corrected chi connectivity index (χ0v) is 11.5. The Morgan fingerprint density at radius 2 is 1.53 bits per heavy atom. The molecule has 0 aliphatic rings. The van der Waals surface area contributed by atoms with Crippen molar-refractivity contribution in [2.75, 3.05) is 0 Å². The minimum atomic E-state index is -0.0991. The Labute approximate surface area is 96.3 Å². The van der Waals surface area contributed by atoms with E-state index >= 15 is 0 Å². The van der Waals surface area contributed by atoms with Crippen molar-refractivity contribution in [2.24, 2.45) is 17.3 Å². The summed E-state index contributed by atoms with van der Waals surface area (Å²) in [6.45, 7) is 13.4. The largest absolute Gasteiger partial charge is 0.393 e. The summed E-state index contributed by atoms with van der Waals surface area (Å²) in [4.78, 5) is 0. The first-order valence-electron chi connectivity index (χ1n) is 6.39. The summed E-state index contributed by atoms with van der Waals surface area (Å²) in [7, 11) is 0. The van der Waals surface area contributed by atoms with E-state index in [4.69, 9.17) is 0 Å². The second-order valence-electron chi connectivity index (χ2n) is 6.72. The third-order valence-corrected chi connectivity index (χ3v) is 2.78. The standard InChI is InChI=1S/C14H30O/c1-11(2)9-12(3)10-13(15)7-8-14(4,5)6/h11-13,15H,7-10H2,1-6H3. The van der Waals surface area contributed by atoms with Gasteiger partial charge in [-0.25, -0.2) is 0 Å². The van der Waals surface area contributed by atoms with Crippen LogP contribution in [0.5, 0.6) is 0 Å². The van der Waals surface area contributed by atoms with Crippen LogP contribution < -0.4 is 0 Å². The van der Waals surface area contributed by atoms with Gasteiger partial charge >= 0.3 is 0 Å². The third kappa shape index (κ3) is 10.2. The highest BCUT2D eigenvalue weighted by atomic mass is 16.3. The SMILES string of the molecule is CC(C)CC(C)CC(O)CCC(C)(C)C. The highest BCUT2D eigenvalue weighted by Gasteiger charge is 2.16. The lowest BCUT2D eigenvalue weighted by Gasteiger charge is -2.22. The Bertz CT molecular complexity index is 155. The minimum Gasteiger partial charge on any atom is -0.393 e. The molecule has 0 aliphatic carbocycles. The predicted octanol–water partition coefficient (Wildman–Crippen LogP) is 4.25. The van der Waals surface area contributed by atoms with Gasteiger partial charge in [0.15, 0.2) is 0 Å². The summed E-state index contributed by atoms with van der Waals surface area (Å²) >= 11 is 0. The molecule has 0 heterocycles. The molecule has 0 aromatic heterocycles. The van der Waals surface area contributed by atoms with Crippen LogP contribution in [0.1, 0.15) is 67.2 Å². The van der Waals surface area contributed by atoms with Gasteiger partial charge in [-0.1, -0.05) is 41.5 Å². The second-order valence-corrected chi connectivity index (χ2v) is 6.72. The van der Waals surface area contributed by atoms with Crippen LogP contribution in [-0.2, 0) is 0 Å². The average molecular weight is 214 g/mol. The maximum atomic E-state index is 9.90. The van der Waals surface area contributed by atoms with E-state index in [1.165, 1.54) is 6.42 Å². The van der Waals surface area contributed by atoms with E-state index in [0.717, 1.165) is 25.2 Å². The molecule has 1 N–H and O–H groups in total. The second kappa shape index (κ2) is 6.52. The van der Waals surface area contributed by atoms with Gasteiger partial charge in [-0.2, -0.15) is 0 Å². The van der Waals surface area contributed by atoms with E-state index in [0.29, 0.717) is 11.3 Å². The van der Waals surface area contributed by atoms with Crippen LogP contribution >= 0.6 is 0 Å². The number of hydrogen-bond donors (Lipinski definition) is 1. The Balaban J connectivity index is 3.69. The lowest BCUT2D eigenvalue weighted by atomic mass is 9.86. The summed E-state index contributed by atoms with van der Waals surface area (Å²) in [5.74, 6) is 1.40. The predicted molar refractivity (Wildman–Crippen MR) is 67.9 cm³/mol. The van der Waals surface area contributed by atoms with E-state index in [9.17, 15) is 5.11 Å². The van der Waals surface area contributed by atoms with Gasteiger partial charge in [0.25, 0.3) is 0 Å². The zero-order valence-electron chi connectivity index (χ0n) is 11.5. The van der Waals surface area contributed by atoms with Gasteiger partial charge in [-0.05, 0) is 42.9 Å². The van der Waals surface area contributed by atoms with Crippen LogP contribution in [0.15, 0.2) is 0 Å². The van der Waals surface area contributed by atoms with E-state index in [1.54, 1.807) is 0 Å². The molecule has 0 aromatic rings. The monoisotopic (exact) mass is 214 g/mol. The van der Waals surface area contributed by atoms with Crippen molar-refractivity contribution in [3.05, 3.63) is 0 Å². The highest BCUT2D eigenvalue weighted by Crippen LogP contribution is 2.24. The maximum absolute atomic E-state index is 9.90. The Kier molecular flexibility index (Phi) is 6.51. The third-order valence-electron chi connectivity index (χ3n) is 2.78. The van der Waals surface area contributed by atoms with E-state index in [1.807, 2.05) is 0 Å². The zero-order chi connectivity index (χ0) is 12.1. The van der Waals surface area contributed by atoms with Crippen LogP contribution in [0, 0.1) is 17.3 Å². The fraction of sp³-hybridized carbons (Fsp3) is 1.00. The smallest absolute Gasteiger partial charge is 0.0543 e. The van der Waals surface area contributed by atoms with Gasteiger partial charge in [0.05, 0.1) is 6.10 Å². The molecule has 1 nitrogen and oxygen atoms in total. The molecular formula is C14H30O. The van der Waals surface area contributed by atoms with E-state index in [2.05, 4.69) is 41.5 Å². The van der Waals surface area contributed by atoms with Crippen LogP contribution in [0.2, 0.25) is 0 Å².